The van der Waals surface area contributed by atoms with Crippen LogP contribution in [0.4, 0.5) is 5.69 Å². The van der Waals surface area contributed by atoms with Crippen LogP contribution in [0.3, 0.4) is 0 Å². The van der Waals surface area contributed by atoms with E-state index in [1.807, 2.05) is 6.92 Å². The van der Waals surface area contributed by atoms with Crippen LogP contribution in [0.2, 0.25) is 0 Å². The molecule has 0 saturated heterocycles. The standard InChI is InChI=1S/C12H17NO4/c1-2-8-5-9(13-6-10(15)7-14)3-4-11(8)12(16)17/h3-5,10,13-15H,2,6-7H2,1H3,(H,16,17). The van der Waals surface area contributed by atoms with Crippen LogP contribution in [-0.2, 0) is 6.42 Å². The average molecular weight is 239 g/mol. The van der Waals surface area contributed by atoms with Gasteiger partial charge in [-0.3, -0.25) is 0 Å². The van der Waals surface area contributed by atoms with Gasteiger partial charge in [0.25, 0.3) is 0 Å². The zero-order valence-corrected chi connectivity index (χ0v) is 9.68. The molecule has 0 bridgehead atoms. The summed E-state index contributed by atoms with van der Waals surface area (Å²) >= 11 is 0. The number of benzene rings is 1. The van der Waals surface area contributed by atoms with Gasteiger partial charge in [0.2, 0.25) is 0 Å². The zero-order valence-electron chi connectivity index (χ0n) is 9.68. The quantitative estimate of drug-likeness (QED) is 0.587. The van der Waals surface area contributed by atoms with Gasteiger partial charge in [0.1, 0.15) is 0 Å². The Balaban J connectivity index is 2.79. The van der Waals surface area contributed by atoms with E-state index in [0.29, 0.717) is 12.0 Å². The van der Waals surface area contributed by atoms with E-state index in [1.54, 1.807) is 12.1 Å². The Morgan fingerprint density at radius 3 is 2.71 bits per heavy atom. The molecule has 1 unspecified atom stereocenters. The molecule has 1 aromatic carbocycles. The smallest absolute Gasteiger partial charge is 0.335 e. The highest BCUT2D eigenvalue weighted by Crippen LogP contribution is 2.16. The first-order chi connectivity index (χ1) is 8.08. The first-order valence-electron chi connectivity index (χ1n) is 5.47. The van der Waals surface area contributed by atoms with Crippen molar-refractivity contribution in [1.82, 2.24) is 0 Å². The van der Waals surface area contributed by atoms with Crippen LogP contribution in [0.1, 0.15) is 22.8 Å². The summed E-state index contributed by atoms with van der Waals surface area (Å²) in [5, 5.41) is 29.7. The van der Waals surface area contributed by atoms with Crippen molar-refractivity contribution in [2.45, 2.75) is 19.4 Å². The molecule has 0 aliphatic rings. The summed E-state index contributed by atoms with van der Waals surface area (Å²) in [4.78, 5) is 10.9. The minimum absolute atomic E-state index is 0.228. The fourth-order valence-corrected chi connectivity index (χ4v) is 1.51. The van der Waals surface area contributed by atoms with Gasteiger partial charge >= 0.3 is 5.97 Å². The molecule has 0 fully saturated rings. The van der Waals surface area contributed by atoms with Gasteiger partial charge in [-0.2, -0.15) is 0 Å². The lowest BCUT2D eigenvalue weighted by atomic mass is 10.0. The number of aryl methyl sites for hydroxylation is 1. The van der Waals surface area contributed by atoms with E-state index in [9.17, 15) is 9.90 Å². The summed E-state index contributed by atoms with van der Waals surface area (Å²) in [6, 6.07) is 4.93. The maximum absolute atomic E-state index is 10.9. The van der Waals surface area contributed by atoms with Crippen LogP contribution in [0, 0.1) is 0 Å². The van der Waals surface area contributed by atoms with Crippen molar-refractivity contribution < 1.29 is 20.1 Å². The van der Waals surface area contributed by atoms with Crippen LogP contribution < -0.4 is 5.32 Å². The number of aromatic carboxylic acids is 1. The number of carbonyl (C=O) groups is 1. The number of anilines is 1. The fraction of sp³-hybridized carbons (Fsp3) is 0.417. The maximum Gasteiger partial charge on any atom is 0.335 e. The van der Waals surface area contributed by atoms with E-state index in [1.165, 1.54) is 6.07 Å². The Hall–Kier alpha value is -1.59. The summed E-state index contributed by atoms with van der Waals surface area (Å²) in [6.07, 6.45) is -0.195. The number of aliphatic hydroxyl groups excluding tert-OH is 2. The van der Waals surface area contributed by atoms with E-state index in [4.69, 9.17) is 10.2 Å². The van der Waals surface area contributed by atoms with Gasteiger partial charge in [0, 0.05) is 12.2 Å². The summed E-state index contributed by atoms with van der Waals surface area (Å²) in [6.45, 7) is 1.81. The molecule has 1 aromatic rings. The Bertz CT molecular complexity index is 392. The number of hydrogen-bond acceptors (Lipinski definition) is 4. The van der Waals surface area contributed by atoms with Crippen LogP contribution >= 0.6 is 0 Å². The molecule has 0 amide bonds. The molecule has 0 aromatic heterocycles. The average Bonchev–Trinajstić information content (AvgIpc) is 2.35. The lowest BCUT2D eigenvalue weighted by Gasteiger charge is -2.12. The van der Waals surface area contributed by atoms with Crippen LogP contribution in [0.5, 0.6) is 0 Å². The molecule has 4 N–H and O–H groups in total. The van der Waals surface area contributed by atoms with Crippen molar-refractivity contribution in [3.8, 4) is 0 Å². The summed E-state index contributed by atoms with van der Waals surface area (Å²) in [5.74, 6) is -0.941. The van der Waals surface area contributed by atoms with E-state index < -0.39 is 12.1 Å². The number of hydrogen-bond donors (Lipinski definition) is 4. The Kier molecular flexibility index (Phi) is 4.93. The van der Waals surface area contributed by atoms with Crippen molar-refractivity contribution in [3.63, 3.8) is 0 Å². The molecule has 5 heteroatoms. The molecule has 1 atom stereocenters. The van der Waals surface area contributed by atoms with Crippen molar-refractivity contribution >= 4 is 11.7 Å². The van der Waals surface area contributed by atoms with E-state index in [0.717, 1.165) is 11.3 Å². The van der Waals surface area contributed by atoms with Gasteiger partial charge in [-0.1, -0.05) is 6.92 Å². The number of nitrogens with one attached hydrogen (secondary N) is 1. The van der Waals surface area contributed by atoms with Crippen LogP contribution in [0.25, 0.3) is 0 Å². The maximum atomic E-state index is 10.9. The minimum atomic E-state index is -0.941. The molecule has 0 spiro atoms. The number of rotatable bonds is 6. The first-order valence-corrected chi connectivity index (χ1v) is 5.47. The van der Waals surface area contributed by atoms with Crippen molar-refractivity contribution in [3.05, 3.63) is 29.3 Å². The van der Waals surface area contributed by atoms with E-state index in [2.05, 4.69) is 5.32 Å². The van der Waals surface area contributed by atoms with Gasteiger partial charge in [-0.25, -0.2) is 4.79 Å². The monoisotopic (exact) mass is 239 g/mol. The van der Waals surface area contributed by atoms with Gasteiger partial charge in [0.05, 0.1) is 18.3 Å². The number of aliphatic hydroxyl groups is 2. The third-order valence-corrected chi connectivity index (χ3v) is 2.47. The minimum Gasteiger partial charge on any atom is -0.478 e. The molecule has 0 aliphatic heterocycles. The fourth-order valence-electron chi connectivity index (χ4n) is 1.51. The Labute approximate surface area is 99.7 Å². The topological polar surface area (TPSA) is 89.8 Å². The lowest BCUT2D eigenvalue weighted by molar-refractivity contribution is 0.0695. The Morgan fingerprint density at radius 1 is 1.47 bits per heavy atom. The number of carboxylic acid groups (broad SMARTS) is 1. The lowest BCUT2D eigenvalue weighted by Crippen LogP contribution is -2.23. The second-order valence-electron chi connectivity index (χ2n) is 3.75. The molecule has 0 aliphatic carbocycles. The SMILES string of the molecule is CCc1cc(NCC(O)CO)ccc1C(=O)O. The normalized spacial score (nSPS) is 12.2. The molecular formula is C12H17NO4. The molecule has 0 radical (unpaired) electrons. The molecule has 0 saturated carbocycles. The predicted octanol–water partition coefficient (Wildman–Crippen LogP) is 0.712. The molecule has 5 nitrogen and oxygen atoms in total. The highest BCUT2D eigenvalue weighted by atomic mass is 16.4. The summed E-state index contributed by atoms with van der Waals surface area (Å²) < 4.78 is 0. The van der Waals surface area contributed by atoms with Gasteiger partial charge in [-0.15, -0.1) is 0 Å². The molecular weight excluding hydrogens is 222 g/mol. The molecule has 0 heterocycles. The highest BCUT2D eigenvalue weighted by Gasteiger charge is 2.09. The molecule has 1 rings (SSSR count). The van der Waals surface area contributed by atoms with Crippen molar-refractivity contribution in [2.75, 3.05) is 18.5 Å². The van der Waals surface area contributed by atoms with Crippen LogP contribution in [-0.4, -0.2) is 40.5 Å². The first kappa shape index (κ1) is 13.5. The third-order valence-electron chi connectivity index (χ3n) is 2.47. The van der Waals surface area contributed by atoms with Crippen molar-refractivity contribution in [2.24, 2.45) is 0 Å². The largest absolute Gasteiger partial charge is 0.478 e. The second kappa shape index (κ2) is 6.22. The molecule has 17 heavy (non-hydrogen) atoms. The Morgan fingerprint density at radius 2 is 2.18 bits per heavy atom. The zero-order chi connectivity index (χ0) is 12.8. The van der Waals surface area contributed by atoms with E-state index in [-0.39, 0.29) is 13.2 Å². The third kappa shape index (κ3) is 3.72. The van der Waals surface area contributed by atoms with Crippen molar-refractivity contribution in [1.29, 1.82) is 0 Å². The highest BCUT2D eigenvalue weighted by molar-refractivity contribution is 5.90. The summed E-state index contributed by atoms with van der Waals surface area (Å²) in [5.41, 5.74) is 1.76. The van der Waals surface area contributed by atoms with Crippen LogP contribution in [0.15, 0.2) is 18.2 Å². The second-order valence-corrected chi connectivity index (χ2v) is 3.75. The molecule has 94 valence electrons. The number of carboxylic acids is 1. The predicted molar refractivity (Wildman–Crippen MR) is 64.4 cm³/mol. The van der Waals surface area contributed by atoms with Gasteiger partial charge in [-0.05, 0) is 30.2 Å². The van der Waals surface area contributed by atoms with Gasteiger partial charge in [0.15, 0.2) is 0 Å². The summed E-state index contributed by atoms with van der Waals surface area (Å²) in [7, 11) is 0. The van der Waals surface area contributed by atoms with Gasteiger partial charge < -0.3 is 20.6 Å². The van der Waals surface area contributed by atoms with E-state index >= 15 is 0 Å².